The number of hydrogen-bond acceptors (Lipinski definition) is 2. The number of rotatable bonds is 1. The fraction of sp³-hybridized carbons (Fsp3) is 0.500. The highest BCUT2D eigenvalue weighted by atomic mass is 35.5. The summed E-state index contributed by atoms with van der Waals surface area (Å²) in [7, 11) is 0. The van der Waals surface area contributed by atoms with E-state index in [1.54, 1.807) is 16.7 Å². The lowest BCUT2D eigenvalue weighted by atomic mass is 9.81. The molecule has 0 spiro atoms. The molecule has 0 aromatic carbocycles. The van der Waals surface area contributed by atoms with E-state index in [1.165, 1.54) is 12.8 Å². The van der Waals surface area contributed by atoms with Crippen molar-refractivity contribution in [2.45, 2.75) is 38.5 Å². The molecule has 2 aromatic rings. The summed E-state index contributed by atoms with van der Waals surface area (Å²) in [5.74, 6) is 1.94. The first kappa shape index (κ1) is 13.1. The molecule has 0 saturated heterocycles. The van der Waals surface area contributed by atoms with E-state index in [-0.39, 0.29) is 0 Å². The summed E-state index contributed by atoms with van der Waals surface area (Å²) < 4.78 is 1.80. The first-order valence-corrected chi connectivity index (χ1v) is 7.44. The molecular formula is C14H17Cl2N3. The van der Waals surface area contributed by atoms with Gasteiger partial charge in [-0.2, -0.15) is 0 Å². The van der Waals surface area contributed by atoms with Gasteiger partial charge in [-0.3, -0.25) is 4.40 Å². The van der Waals surface area contributed by atoms with E-state index >= 15 is 0 Å². The topological polar surface area (TPSA) is 43.3 Å². The summed E-state index contributed by atoms with van der Waals surface area (Å²) in [4.78, 5) is 4.65. The van der Waals surface area contributed by atoms with E-state index in [9.17, 15) is 0 Å². The average Bonchev–Trinajstić information content (AvgIpc) is 2.69. The average molecular weight is 298 g/mol. The number of pyridine rings is 1. The standard InChI is InChI=1S/C14H17Cl2N3/c1-8-2-4-9(5-3-8)12-13(17)19-7-10(15)6-11(16)14(19)18-12/h6-9H,2-5,17H2,1H3. The van der Waals surface area contributed by atoms with Crippen LogP contribution in [-0.4, -0.2) is 9.38 Å². The highest BCUT2D eigenvalue weighted by Crippen LogP contribution is 2.38. The van der Waals surface area contributed by atoms with Crippen LogP contribution in [0.15, 0.2) is 12.3 Å². The number of aromatic nitrogens is 2. The van der Waals surface area contributed by atoms with Crippen LogP contribution in [0.5, 0.6) is 0 Å². The third kappa shape index (κ3) is 2.30. The molecule has 2 aromatic heterocycles. The van der Waals surface area contributed by atoms with Gasteiger partial charge in [0, 0.05) is 12.1 Å². The number of nitrogens with two attached hydrogens (primary N) is 1. The molecule has 3 rings (SSSR count). The molecule has 102 valence electrons. The maximum atomic E-state index is 6.23. The van der Waals surface area contributed by atoms with Crippen LogP contribution in [0.3, 0.4) is 0 Å². The zero-order chi connectivity index (χ0) is 13.6. The quantitative estimate of drug-likeness (QED) is 0.841. The number of nitrogen functional groups attached to an aromatic ring is 1. The number of fused-ring (bicyclic) bond motifs is 1. The van der Waals surface area contributed by atoms with Gasteiger partial charge in [0.15, 0.2) is 5.65 Å². The molecule has 0 radical (unpaired) electrons. The van der Waals surface area contributed by atoms with Crippen molar-refractivity contribution in [1.29, 1.82) is 0 Å². The van der Waals surface area contributed by atoms with Crippen molar-refractivity contribution in [2.75, 3.05) is 5.73 Å². The van der Waals surface area contributed by atoms with Crippen LogP contribution in [-0.2, 0) is 0 Å². The number of hydrogen-bond donors (Lipinski definition) is 1. The highest BCUT2D eigenvalue weighted by Gasteiger charge is 2.25. The largest absolute Gasteiger partial charge is 0.383 e. The Bertz CT molecular complexity index is 613. The molecule has 0 amide bonds. The Morgan fingerprint density at radius 3 is 2.63 bits per heavy atom. The lowest BCUT2D eigenvalue weighted by Crippen LogP contribution is -2.12. The third-order valence-electron chi connectivity index (χ3n) is 4.11. The van der Waals surface area contributed by atoms with E-state index < -0.39 is 0 Å². The Morgan fingerprint density at radius 2 is 1.95 bits per heavy atom. The van der Waals surface area contributed by atoms with Crippen LogP contribution in [0.1, 0.15) is 44.2 Å². The van der Waals surface area contributed by atoms with Crippen molar-refractivity contribution < 1.29 is 0 Å². The third-order valence-corrected chi connectivity index (χ3v) is 4.59. The molecule has 1 aliphatic carbocycles. The number of imidazole rings is 1. The van der Waals surface area contributed by atoms with E-state index in [2.05, 4.69) is 11.9 Å². The van der Waals surface area contributed by atoms with Gasteiger partial charge in [-0.05, 0) is 24.8 Å². The second-order valence-corrected chi connectivity index (χ2v) is 6.38. The van der Waals surface area contributed by atoms with Crippen molar-refractivity contribution in [2.24, 2.45) is 5.92 Å². The van der Waals surface area contributed by atoms with Crippen LogP contribution in [0, 0.1) is 5.92 Å². The smallest absolute Gasteiger partial charge is 0.157 e. The van der Waals surface area contributed by atoms with Gasteiger partial charge in [0.1, 0.15) is 5.82 Å². The van der Waals surface area contributed by atoms with Crippen molar-refractivity contribution in [3.05, 3.63) is 28.0 Å². The van der Waals surface area contributed by atoms with Gasteiger partial charge in [-0.1, -0.05) is 43.0 Å². The van der Waals surface area contributed by atoms with Gasteiger partial charge >= 0.3 is 0 Å². The summed E-state index contributed by atoms with van der Waals surface area (Å²) in [5, 5.41) is 1.13. The van der Waals surface area contributed by atoms with Gasteiger partial charge in [-0.25, -0.2) is 4.98 Å². The second-order valence-electron chi connectivity index (χ2n) is 5.54. The molecule has 19 heavy (non-hydrogen) atoms. The molecule has 2 N–H and O–H groups in total. The van der Waals surface area contributed by atoms with Crippen molar-refractivity contribution in [3.8, 4) is 0 Å². The van der Waals surface area contributed by atoms with E-state index in [0.717, 1.165) is 24.5 Å². The van der Waals surface area contributed by atoms with Crippen LogP contribution >= 0.6 is 23.2 Å². The first-order valence-electron chi connectivity index (χ1n) is 6.68. The Morgan fingerprint density at radius 1 is 1.26 bits per heavy atom. The maximum absolute atomic E-state index is 6.23. The fourth-order valence-electron chi connectivity index (χ4n) is 2.94. The monoisotopic (exact) mass is 297 g/mol. The fourth-order valence-corrected chi connectivity index (χ4v) is 3.46. The second kappa shape index (κ2) is 4.88. The summed E-state index contributed by atoms with van der Waals surface area (Å²) in [6.07, 6.45) is 6.57. The molecule has 0 aliphatic heterocycles. The van der Waals surface area contributed by atoms with E-state index in [0.29, 0.717) is 27.4 Å². The molecule has 1 saturated carbocycles. The first-order chi connectivity index (χ1) is 9.06. The van der Waals surface area contributed by atoms with Crippen molar-refractivity contribution in [3.63, 3.8) is 0 Å². The minimum absolute atomic E-state index is 0.450. The molecule has 3 nitrogen and oxygen atoms in total. The molecular weight excluding hydrogens is 281 g/mol. The summed E-state index contributed by atoms with van der Waals surface area (Å²) in [5.41, 5.74) is 7.91. The van der Waals surface area contributed by atoms with Crippen LogP contribution in [0.25, 0.3) is 5.65 Å². The molecule has 0 unspecified atom stereocenters. The van der Waals surface area contributed by atoms with Crippen LogP contribution < -0.4 is 5.73 Å². The predicted molar refractivity (Wildman–Crippen MR) is 80.0 cm³/mol. The van der Waals surface area contributed by atoms with Gasteiger partial charge in [0.2, 0.25) is 0 Å². The Kier molecular flexibility index (Phi) is 3.35. The Labute approximate surface area is 122 Å². The normalized spacial score (nSPS) is 23.9. The molecule has 0 bridgehead atoms. The van der Waals surface area contributed by atoms with Gasteiger partial charge < -0.3 is 5.73 Å². The molecule has 2 heterocycles. The molecule has 0 atom stereocenters. The number of halogens is 2. The van der Waals surface area contributed by atoms with E-state index in [1.807, 2.05) is 0 Å². The van der Waals surface area contributed by atoms with E-state index in [4.69, 9.17) is 28.9 Å². The lowest BCUT2D eigenvalue weighted by Gasteiger charge is -2.25. The molecule has 5 heteroatoms. The van der Waals surface area contributed by atoms with Gasteiger partial charge in [-0.15, -0.1) is 0 Å². The zero-order valence-electron chi connectivity index (χ0n) is 10.9. The Balaban J connectivity index is 2.05. The summed E-state index contributed by atoms with van der Waals surface area (Å²) in [6.45, 7) is 2.31. The van der Waals surface area contributed by atoms with Crippen molar-refractivity contribution in [1.82, 2.24) is 9.38 Å². The minimum atomic E-state index is 0.450. The van der Waals surface area contributed by atoms with Crippen molar-refractivity contribution >= 4 is 34.7 Å². The lowest BCUT2D eigenvalue weighted by molar-refractivity contribution is 0.345. The molecule has 1 fully saturated rings. The SMILES string of the molecule is CC1CCC(c2nc3c(Cl)cc(Cl)cn3c2N)CC1. The minimum Gasteiger partial charge on any atom is -0.383 e. The van der Waals surface area contributed by atoms with Gasteiger partial charge in [0.25, 0.3) is 0 Å². The zero-order valence-corrected chi connectivity index (χ0v) is 12.4. The number of nitrogens with zero attached hydrogens (tertiary/aromatic N) is 2. The summed E-state index contributed by atoms with van der Waals surface area (Å²) >= 11 is 12.2. The maximum Gasteiger partial charge on any atom is 0.157 e. The summed E-state index contributed by atoms with van der Waals surface area (Å²) in [6, 6.07) is 1.71. The predicted octanol–water partition coefficient (Wildman–Crippen LogP) is 4.52. The van der Waals surface area contributed by atoms with Crippen LogP contribution in [0.2, 0.25) is 10.0 Å². The highest BCUT2D eigenvalue weighted by molar-refractivity contribution is 6.36. The number of anilines is 1. The molecule has 1 aliphatic rings. The Hall–Kier alpha value is -0.930. The van der Waals surface area contributed by atoms with Gasteiger partial charge in [0.05, 0.1) is 15.7 Å². The van der Waals surface area contributed by atoms with Crippen LogP contribution in [0.4, 0.5) is 5.82 Å².